The van der Waals surface area contributed by atoms with Crippen molar-refractivity contribution in [2.24, 2.45) is 0 Å². The van der Waals surface area contributed by atoms with Gasteiger partial charge in [-0.15, -0.1) is 0 Å². The maximum absolute atomic E-state index is 13.0. The maximum Gasteiger partial charge on any atom is 0.339 e. The van der Waals surface area contributed by atoms with Crippen LogP contribution >= 0.6 is 0 Å². The number of fused-ring (bicyclic) bond motifs is 1. The Morgan fingerprint density at radius 3 is 2.56 bits per heavy atom. The van der Waals surface area contributed by atoms with E-state index in [0.29, 0.717) is 22.6 Å². The van der Waals surface area contributed by atoms with Crippen LogP contribution in [0.4, 0.5) is 11.5 Å². The number of methoxy groups -OCH3 is 1. The van der Waals surface area contributed by atoms with Crippen molar-refractivity contribution in [2.75, 3.05) is 17.3 Å². The summed E-state index contributed by atoms with van der Waals surface area (Å²) in [6.07, 6.45) is 1.15. The van der Waals surface area contributed by atoms with E-state index in [0.717, 1.165) is 5.56 Å². The van der Waals surface area contributed by atoms with Crippen LogP contribution in [0.2, 0.25) is 0 Å². The van der Waals surface area contributed by atoms with Crippen LogP contribution in [-0.4, -0.2) is 24.0 Å². The number of carbonyl (C=O) groups is 2. The Labute approximate surface area is 156 Å². The minimum atomic E-state index is -0.491. The SMILES string of the molecule is COC(=O)c1ccccc1N[C@@H]1c2ccccc2C(=O)N1c1ccccn1. The molecule has 0 unspecified atom stereocenters. The average Bonchev–Trinajstić information content (AvgIpc) is 3.00. The lowest BCUT2D eigenvalue weighted by atomic mass is 10.1. The van der Waals surface area contributed by atoms with Crippen molar-refractivity contribution in [3.63, 3.8) is 0 Å². The van der Waals surface area contributed by atoms with Gasteiger partial charge in [-0.2, -0.15) is 0 Å². The largest absolute Gasteiger partial charge is 0.465 e. The number of nitrogens with zero attached hydrogens (tertiary/aromatic N) is 2. The standard InChI is InChI=1S/C21H17N3O3/c1-27-21(26)16-10-4-5-11-17(16)23-19-14-8-2-3-9-15(14)20(25)24(19)18-12-6-7-13-22-18/h2-13,19,23H,1H3/t19-/m0/s1. The van der Waals surface area contributed by atoms with Crippen LogP contribution in [0, 0.1) is 0 Å². The van der Waals surface area contributed by atoms with Gasteiger partial charge in [0.25, 0.3) is 5.91 Å². The lowest BCUT2D eigenvalue weighted by molar-refractivity contribution is 0.0601. The van der Waals surface area contributed by atoms with Gasteiger partial charge in [0.05, 0.1) is 18.4 Å². The Morgan fingerprint density at radius 2 is 1.78 bits per heavy atom. The minimum absolute atomic E-state index is 0.141. The summed E-state index contributed by atoms with van der Waals surface area (Å²) in [4.78, 5) is 31.1. The summed E-state index contributed by atoms with van der Waals surface area (Å²) < 4.78 is 4.87. The van der Waals surface area contributed by atoms with E-state index < -0.39 is 12.1 Å². The minimum Gasteiger partial charge on any atom is -0.465 e. The van der Waals surface area contributed by atoms with Gasteiger partial charge in [0.15, 0.2) is 0 Å². The van der Waals surface area contributed by atoms with Crippen molar-refractivity contribution < 1.29 is 14.3 Å². The van der Waals surface area contributed by atoms with Crippen LogP contribution in [0.15, 0.2) is 72.9 Å². The predicted molar refractivity (Wildman–Crippen MR) is 102 cm³/mol. The molecule has 0 fully saturated rings. The van der Waals surface area contributed by atoms with Crippen LogP contribution in [0.3, 0.4) is 0 Å². The summed E-state index contributed by atoms with van der Waals surface area (Å²) in [5, 5.41) is 3.32. The zero-order valence-corrected chi connectivity index (χ0v) is 14.6. The highest BCUT2D eigenvalue weighted by Crippen LogP contribution is 2.37. The quantitative estimate of drug-likeness (QED) is 0.720. The normalized spacial score (nSPS) is 15.4. The predicted octanol–water partition coefficient (Wildman–Crippen LogP) is 3.64. The number of aromatic nitrogens is 1. The number of anilines is 2. The van der Waals surface area contributed by atoms with Crippen LogP contribution in [0.5, 0.6) is 0 Å². The topological polar surface area (TPSA) is 71.5 Å². The van der Waals surface area contributed by atoms with Crippen molar-refractivity contribution in [3.8, 4) is 0 Å². The van der Waals surface area contributed by atoms with Gasteiger partial charge in [0.1, 0.15) is 12.0 Å². The third-order valence-electron chi connectivity index (χ3n) is 4.48. The molecule has 0 saturated carbocycles. The first-order valence-electron chi connectivity index (χ1n) is 8.48. The number of hydrogen-bond acceptors (Lipinski definition) is 5. The second-order valence-corrected chi connectivity index (χ2v) is 6.03. The summed E-state index contributed by atoms with van der Waals surface area (Å²) in [5.74, 6) is -0.0517. The fourth-order valence-electron chi connectivity index (χ4n) is 3.24. The number of amides is 1. The number of para-hydroxylation sites is 1. The highest BCUT2D eigenvalue weighted by atomic mass is 16.5. The second-order valence-electron chi connectivity index (χ2n) is 6.03. The van der Waals surface area contributed by atoms with Crippen LogP contribution in [0.1, 0.15) is 32.4 Å². The molecular weight excluding hydrogens is 342 g/mol. The molecule has 1 aromatic heterocycles. The highest BCUT2D eigenvalue weighted by Gasteiger charge is 2.38. The van der Waals surface area contributed by atoms with E-state index in [1.54, 1.807) is 47.5 Å². The Kier molecular flexibility index (Phi) is 4.30. The number of esters is 1. The van der Waals surface area contributed by atoms with Crippen molar-refractivity contribution in [1.29, 1.82) is 0 Å². The molecule has 2 aromatic carbocycles. The molecule has 1 amide bonds. The van der Waals surface area contributed by atoms with Crippen LogP contribution < -0.4 is 10.2 Å². The monoisotopic (exact) mass is 359 g/mol. The summed E-state index contributed by atoms with van der Waals surface area (Å²) in [6.45, 7) is 0. The third-order valence-corrected chi connectivity index (χ3v) is 4.48. The number of ether oxygens (including phenoxy) is 1. The van der Waals surface area contributed by atoms with Gasteiger partial charge in [-0.3, -0.25) is 9.69 Å². The molecule has 1 aliphatic heterocycles. The Balaban J connectivity index is 1.80. The van der Waals surface area contributed by atoms with Gasteiger partial charge in [0.2, 0.25) is 0 Å². The van der Waals surface area contributed by atoms with E-state index in [1.807, 2.05) is 30.3 Å². The van der Waals surface area contributed by atoms with E-state index in [1.165, 1.54) is 7.11 Å². The molecule has 2 heterocycles. The number of pyridine rings is 1. The van der Waals surface area contributed by atoms with Crippen LogP contribution in [-0.2, 0) is 4.74 Å². The smallest absolute Gasteiger partial charge is 0.339 e. The third kappa shape index (κ3) is 2.91. The van der Waals surface area contributed by atoms with Gasteiger partial charge < -0.3 is 10.1 Å². The molecule has 1 atom stereocenters. The molecule has 4 rings (SSSR count). The molecule has 3 aromatic rings. The van der Waals surface area contributed by atoms with Crippen molar-refractivity contribution in [2.45, 2.75) is 6.17 Å². The number of carbonyl (C=O) groups excluding carboxylic acids is 2. The summed E-state index contributed by atoms with van der Waals surface area (Å²) in [7, 11) is 1.34. The lowest BCUT2D eigenvalue weighted by Gasteiger charge is -2.27. The number of rotatable bonds is 4. The molecule has 0 bridgehead atoms. The first-order valence-corrected chi connectivity index (χ1v) is 8.48. The van der Waals surface area contributed by atoms with Crippen LogP contribution in [0.25, 0.3) is 0 Å². The molecule has 0 spiro atoms. The van der Waals surface area contributed by atoms with Gasteiger partial charge >= 0.3 is 5.97 Å². The second kappa shape index (κ2) is 6.92. The zero-order chi connectivity index (χ0) is 18.8. The fourth-order valence-corrected chi connectivity index (χ4v) is 3.24. The average molecular weight is 359 g/mol. The van der Waals surface area contributed by atoms with E-state index >= 15 is 0 Å². The van der Waals surface area contributed by atoms with Gasteiger partial charge in [-0.1, -0.05) is 36.4 Å². The summed E-state index contributed by atoms with van der Waals surface area (Å²) in [6, 6.07) is 19.9. The molecule has 0 radical (unpaired) electrons. The molecule has 27 heavy (non-hydrogen) atoms. The van der Waals surface area contributed by atoms with Crippen molar-refractivity contribution in [3.05, 3.63) is 89.6 Å². The molecule has 0 aliphatic carbocycles. The van der Waals surface area contributed by atoms with Gasteiger partial charge in [0, 0.05) is 17.3 Å². The molecule has 0 saturated heterocycles. The number of benzene rings is 2. The van der Waals surface area contributed by atoms with E-state index in [9.17, 15) is 9.59 Å². The maximum atomic E-state index is 13.0. The number of hydrogen-bond donors (Lipinski definition) is 1. The first-order chi connectivity index (χ1) is 13.2. The first kappa shape index (κ1) is 16.8. The Bertz CT molecular complexity index is 1000. The van der Waals surface area contributed by atoms with E-state index in [2.05, 4.69) is 10.3 Å². The van der Waals surface area contributed by atoms with Crippen molar-refractivity contribution in [1.82, 2.24) is 4.98 Å². The molecule has 134 valence electrons. The molecule has 1 aliphatic rings. The van der Waals surface area contributed by atoms with E-state index in [4.69, 9.17) is 4.74 Å². The molecule has 1 N–H and O–H groups in total. The zero-order valence-electron chi connectivity index (χ0n) is 14.6. The van der Waals surface area contributed by atoms with Gasteiger partial charge in [-0.25, -0.2) is 9.78 Å². The fraction of sp³-hybridized carbons (Fsp3) is 0.0952. The summed E-state index contributed by atoms with van der Waals surface area (Å²) >= 11 is 0. The highest BCUT2D eigenvalue weighted by molar-refractivity contribution is 6.11. The Morgan fingerprint density at radius 1 is 1.04 bits per heavy atom. The number of nitrogens with one attached hydrogen (secondary N) is 1. The summed E-state index contributed by atoms with van der Waals surface area (Å²) in [5.41, 5.74) is 2.42. The lowest BCUT2D eigenvalue weighted by Crippen LogP contribution is -2.33. The van der Waals surface area contributed by atoms with Crippen molar-refractivity contribution >= 4 is 23.4 Å². The van der Waals surface area contributed by atoms with E-state index in [-0.39, 0.29) is 5.91 Å². The molecular formula is C21H17N3O3. The Hall–Kier alpha value is -3.67. The molecule has 6 nitrogen and oxygen atoms in total. The molecule has 6 heteroatoms. The van der Waals surface area contributed by atoms with Gasteiger partial charge in [-0.05, 0) is 30.3 Å².